The van der Waals surface area contributed by atoms with Crippen molar-refractivity contribution in [3.05, 3.63) is 28.7 Å². The lowest BCUT2D eigenvalue weighted by Gasteiger charge is -2.35. The van der Waals surface area contributed by atoms with Crippen LogP contribution in [0.25, 0.3) is 0 Å². The Morgan fingerprint density at radius 3 is 2.85 bits per heavy atom. The summed E-state index contributed by atoms with van der Waals surface area (Å²) in [4.78, 5) is 2.11. The highest BCUT2D eigenvalue weighted by atomic mass is 79.9. The minimum absolute atomic E-state index is 0.608. The molecular formula is C15H22BrNO3. The van der Waals surface area contributed by atoms with Gasteiger partial charge in [-0.3, -0.25) is 0 Å². The van der Waals surface area contributed by atoms with Gasteiger partial charge in [-0.05, 0) is 25.2 Å². The van der Waals surface area contributed by atoms with E-state index in [0.29, 0.717) is 39.2 Å². The molecule has 0 atom stereocenters. The molecule has 0 aromatic heterocycles. The minimum Gasteiger partial charge on any atom is -0.492 e. The molecule has 1 fully saturated rings. The smallest absolute Gasteiger partial charge is 0.120 e. The number of halogens is 1. The molecule has 5 heteroatoms. The van der Waals surface area contributed by atoms with E-state index in [4.69, 9.17) is 9.47 Å². The zero-order valence-electron chi connectivity index (χ0n) is 11.8. The van der Waals surface area contributed by atoms with Gasteiger partial charge in [-0.2, -0.15) is 0 Å². The van der Waals surface area contributed by atoms with Crippen LogP contribution in [-0.4, -0.2) is 55.6 Å². The number of likely N-dealkylation sites (N-methyl/N-ethyl adjacent to an activating group) is 1. The summed E-state index contributed by atoms with van der Waals surface area (Å²) in [5, 5.41) is 10.4. The standard InChI is InChI=1S/C15H22BrNO3/c1-17(12-15(18)5-8-19-9-6-15)7-10-20-14-4-2-3-13(16)11-14/h2-4,11,18H,5-10,12H2,1H3. The summed E-state index contributed by atoms with van der Waals surface area (Å²) in [6.45, 7) is 3.37. The van der Waals surface area contributed by atoms with E-state index in [0.717, 1.165) is 16.8 Å². The molecule has 1 aliphatic rings. The van der Waals surface area contributed by atoms with Crippen molar-refractivity contribution in [3.8, 4) is 5.75 Å². The second-order valence-corrected chi connectivity index (χ2v) is 6.30. The van der Waals surface area contributed by atoms with Gasteiger partial charge in [0, 0.05) is 43.6 Å². The molecule has 20 heavy (non-hydrogen) atoms. The summed E-state index contributed by atoms with van der Waals surface area (Å²) in [6.07, 6.45) is 1.42. The molecule has 1 aliphatic heterocycles. The van der Waals surface area contributed by atoms with Crippen LogP contribution in [0.1, 0.15) is 12.8 Å². The van der Waals surface area contributed by atoms with E-state index in [1.54, 1.807) is 0 Å². The van der Waals surface area contributed by atoms with Crippen LogP contribution in [0, 0.1) is 0 Å². The summed E-state index contributed by atoms with van der Waals surface area (Å²) in [5.74, 6) is 0.859. The molecule has 1 aromatic carbocycles. The Labute approximate surface area is 128 Å². The first-order valence-corrected chi connectivity index (χ1v) is 7.74. The van der Waals surface area contributed by atoms with Crippen molar-refractivity contribution in [1.82, 2.24) is 4.90 Å². The quantitative estimate of drug-likeness (QED) is 0.860. The number of aliphatic hydroxyl groups is 1. The van der Waals surface area contributed by atoms with Crippen molar-refractivity contribution in [2.24, 2.45) is 0 Å². The molecule has 0 unspecified atom stereocenters. The molecule has 1 heterocycles. The van der Waals surface area contributed by atoms with Crippen molar-refractivity contribution in [3.63, 3.8) is 0 Å². The van der Waals surface area contributed by atoms with Crippen LogP contribution in [0.3, 0.4) is 0 Å². The molecule has 112 valence electrons. The van der Waals surface area contributed by atoms with Crippen LogP contribution >= 0.6 is 15.9 Å². The Hall–Kier alpha value is -0.620. The lowest BCUT2D eigenvalue weighted by molar-refractivity contribution is -0.0775. The fourth-order valence-corrected chi connectivity index (χ4v) is 2.75. The number of hydrogen-bond donors (Lipinski definition) is 1. The Kier molecular flexibility index (Phi) is 5.84. The third-order valence-electron chi connectivity index (χ3n) is 3.53. The van der Waals surface area contributed by atoms with Crippen LogP contribution in [0.2, 0.25) is 0 Å². The predicted octanol–water partition coefficient (Wildman–Crippen LogP) is 2.30. The summed E-state index contributed by atoms with van der Waals surface area (Å²) in [6, 6.07) is 7.82. The van der Waals surface area contributed by atoms with Gasteiger partial charge in [-0.25, -0.2) is 0 Å². The van der Waals surface area contributed by atoms with Gasteiger partial charge < -0.3 is 19.5 Å². The number of hydrogen-bond acceptors (Lipinski definition) is 4. The van der Waals surface area contributed by atoms with Crippen molar-refractivity contribution >= 4 is 15.9 Å². The molecule has 0 aliphatic carbocycles. The molecular weight excluding hydrogens is 322 g/mol. The van der Waals surface area contributed by atoms with Crippen molar-refractivity contribution in [1.29, 1.82) is 0 Å². The van der Waals surface area contributed by atoms with E-state index in [-0.39, 0.29) is 0 Å². The topological polar surface area (TPSA) is 41.9 Å². The van der Waals surface area contributed by atoms with E-state index in [1.165, 1.54) is 0 Å². The monoisotopic (exact) mass is 343 g/mol. The Morgan fingerprint density at radius 2 is 2.15 bits per heavy atom. The second-order valence-electron chi connectivity index (χ2n) is 5.38. The van der Waals surface area contributed by atoms with Crippen LogP contribution in [0.5, 0.6) is 5.75 Å². The van der Waals surface area contributed by atoms with Crippen molar-refractivity contribution in [2.75, 3.05) is 40.0 Å². The van der Waals surface area contributed by atoms with Crippen LogP contribution in [0.15, 0.2) is 28.7 Å². The maximum Gasteiger partial charge on any atom is 0.120 e. The van der Waals surface area contributed by atoms with E-state index in [2.05, 4.69) is 20.8 Å². The summed E-state index contributed by atoms with van der Waals surface area (Å²) >= 11 is 3.42. The van der Waals surface area contributed by atoms with Crippen LogP contribution in [-0.2, 0) is 4.74 Å². The van der Waals surface area contributed by atoms with Gasteiger partial charge in [0.05, 0.1) is 5.60 Å². The third-order valence-corrected chi connectivity index (χ3v) is 4.02. The molecule has 2 rings (SSSR count). The molecule has 0 spiro atoms. The fourth-order valence-electron chi connectivity index (χ4n) is 2.37. The molecule has 1 saturated heterocycles. The van der Waals surface area contributed by atoms with Gasteiger partial charge in [-0.1, -0.05) is 22.0 Å². The Morgan fingerprint density at radius 1 is 1.40 bits per heavy atom. The lowest BCUT2D eigenvalue weighted by Crippen LogP contribution is -2.46. The van der Waals surface area contributed by atoms with Gasteiger partial charge >= 0.3 is 0 Å². The van der Waals surface area contributed by atoms with Crippen molar-refractivity contribution < 1.29 is 14.6 Å². The third kappa shape index (κ3) is 5.05. The normalized spacial score (nSPS) is 18.2. The number of ether oxygens (including phenoxy) is 2. The first-order chi connectivity index (χ1) is 9.57. The number of nitrogens with zero attached hydrogens (tertiary/aromatic N) is 1. The summed E-state index contributed by atoms with van der Waals surface area (Å²) in [7, 11) is 2.01. The van der Waals surface area contributed by atoms with Gasteiger partial charge in [0.25, 0.3) is 0 Å². The average molecular weight is 344 g/mol. The highest BCUT2D eigenvalue weighted by Crippen LogP contribution is 2.21. The van der Waals surface area contributed by atoms with Gasteiger partial charge in [0.1, 0.15) is 12.4 Å². The van der Waals surface area contributed by atoms with E-state index < -0.39 is 5.60 Å². The number of benzene rings is 1. The molecule has 4 nitrogen and oxygen atoms in total. The lowest BCUT2D eigenvalue weighted by atomic mass is 9.94. The minimum atomic E-state index is -0.608. The molecule has 1 N–H and O–H groups in total. The average Bonchev–Trinajstić information content (AvgIpc) is 2.39. The number of rotatable bonds is 6. The Balaban J connectivity index is 1.71. The highest BCUT2D eigenvalue weighted by molar-refractivity contribution is 9.10. The molecule has 0 saturated carbocycles. The maximum absolute atomic E-state index is 10.4. The van der Waals surface area contributed by atoms with E-state index in [1.807, 2.05) is 31.3 Å². The van der Waals surface area contributed by atoms with Crippen molar-refractivity contribution in [2.45, 2.75) is 18.4 Å². The molecule has 0 radical (unpaired) electrons. The highest BCUT2D eigenvalue weighted by Gasteiger charge is 2.30. The van der Waals surface area contributed by atoms with E-state index in [9.17, 15) is 5.11 Å². The summed E-state index contributed by atoms with van der Waals surface area (Å²) in [5.41, 5.74) is -0.608. The van der Waals surface area contributed by atoms with E-state index >= 15 is 0 Å². The molecule has 1 aromatic rings. The van der Waals surface area contributed by atoms with Gasteiger partial charge in [-0.15, -0.1) is 0 Å². The zero-order chi connectivity index (χ0) is 14.4. The Bertz CT molecular complexity index is 421. The van der Waals surface area contributed by atoms with Crippen LogP contribution < -0.4 is 4.74 Å². The SMILES string of the molecule is CN(CCOc1cccc(Br)c1)CC1(O)CCOCC1. The molecule has 0 amide bonds. The maximum atomic E-state index is 10.4. The summed E-state index contributed by atoms with van der Waals surface area (Å²) < 4.78 is 12.0. The first-order valence-electron chi connectivity index (χ1n) is 6.94. The zero-order valence-corrected chi connectivity index (χ0v) is 13.4. The molecule has 0 bridgehead atoms. The second kappa shape index (κ2) is 7.41. The fraction of sp³-hybridized carbons (Fsp3) is 0.600. The largest absolute Gasteiger partial charge is 0.492 e. The van der Waals surface area contributed by atoms with Gasteiger partial charge in [0.15, 0.2) is 0 Å². The van der Waals surface area contributed by atoms with Gasteiger partial charge in [0.2, 0.25) is 0 Å². The predicted molar refractivity (Wildman–Crippen MR) is 82.1 cm³/mol. The first kappa shape index (κ1) is 15.8. The van der Waals surface area contributed by atoms with Crippen LogP contribution in [0.4, 0.5) is 0 Å².